The molecule has 5 nitrogen and oxygen atoms in total. The van der Waals surface area contributed by atoms with Crippen molar-refractivity contribution in [2.75, 3.05) is 13.2 Å². The maximum absolute atomic E-state index is 12.8. The van der Waals surface area contributed by atoms with Crippen LogP contribution < -0.4 is 0 Å². The Hall–Kier alpha value is -0.533. The molecule has 1 heterocycles. The van der Waals surface area contributed by atoms with Gasteiger partial charge in [0.2, 0.25) is 0 Å². The Morgan fingerprint density at radius 3 is 2.44 bits per heavy atom. The maximum Gasteiger partial charge on any atom is 0.168 e. The molecule has 1 spiro atoms. The zero-order valence-corrected chi connectivity index (χ0v) is 16.6. The van der Waals surface area contributed by atoms with E-state index in [-0.39, 0.29) is 18.1 Å². The molecule has 3 fully saturated rings. The van der Waals surface area contributed by atoms with Crippen molar-refractivity contribution in [2.24, 2.45) is 5.92 Å². The van der Waals surface area contributed by atoms with Crippen LogP contribution in [0.25, 0.3) is 0 Å². The first-order chi connectivity index (χ1) is 11.6. The highest BCUT2D eigenvalue weighted by Crippen LogP contribution is 2.58. The van der Waals surface area contributed by atoms with Gasteiger partial charge in [-0.1, -0.05) is 19.6 Å². The van der Waals surface area contributed by atoms with Crippen LogP contribution in [0.5, 0.6) is 0 Å². The molecule has 4 rings (SSSR count). The van der Waals surface area contributed by atoms with Crippen LogP contribution in [0.3, 0.4) is 0 Å². The lowest BCUT2D eigenvalue weighted by Crippen LogP contribution is -2.62. The van der Waals surface area contributed by atoms with E-state index >= 15 is 0 Å². The Balaban J connectivity index is 1.77. The molecule has 6 heteroatoms. The van der Waals surface area contributed by atoms with Crippen LogP contribution in [0.15, 0.2) is 10.8 Å². The molecule has 0 radical (unpaired) electrons. The number of aliphatic hydroxyl groups is 2. The summed E-state index contributed by atoms with van der Waals surface area (Å²) in [4.78, 5) is 12.8. The number of allylic oxidation sites excluding steroid dienone is 1. The predicted octanol–water partition coefficient (Wildman–Crippen LogP) is 2.32. The first kappa shape index (κ1) is 17.9. The third-order valence-electron chi connectivity index (χ3n) is 6.88. The third kappa shape index (κ3) is 2.45. The van der Waals surface area contributed by atoms with Crippen LogP contribution in [-0.2, 0) is 14.3 Å². The van der Waals surface area contributed by atoms with E-state index in [2.05, 4.69) is 19.6 Å². The Morgan fingerprint density at radius 1 is 1.12 bits per heavy atom. The molecular weight excluding hydrogens is 336 g/mol. The van der Waals surface area contributed by atoms with Crippen molar-refractivity contribution in [3.63, 3.8) is 0 Å². The lowest BCUT2D eigenvalue weighted by atomic mass is 9.62. The number of hydrogen-bond donors (Lipinski definition) is 2. The molecule has 25 heavy (non-hydrogen) atoms. The number of ketones is 1. The molecule has 3 atom stereocenters. The van der Waals surface area contributed by atoms with E-state index in [1.54, 1.807) is 0 Å². The normalized spacial score (nSPS) is 41.0. The van der Waals surface area contributed by atoms with Crippen LogP contribution in [-0.4, -0.2) is 54.3 Å². The van der Waals surface area contributed by atoms with Gasteiger partial charge in [-0.25, -0.2) is 0 Å². The van der Waals surface area contributed by atoms with Gasteiger partial charge < -0.3 is 19.7 Å². The summed E-state index contributed by atoms with van der Waals surface area (Å²) < 4.78 is 11.7. The van der Waals surface area contributed by atoms with Crippen LogP contribution in [0.4, 0.5) is 0 Å². The first-order valence-electron chi connectivity index (χ1n) is 9.61. The molecule has 0 aromatic heterocycles. The Morgan fingerprint density at radius 2 is 1.80 bits per heavy atom. The summed E-state index contributed by atoms with van der Waals surface area (Å²) in [7, 11) is -1.88. The van der Waals surface area contributed by atoms with E-state index < -0.39 is 25.1 Å². The van der Waals surface area contributed by atoms with E-state index in [1.807, 2.05) is 0 Å². The van der Waals surface area contributed by atoms with Gasteiger partial charge in [0, 0.05) is 19.3 Å². The molecule has 0 bridgehead atoms. The van der Waals surface area contributed by atoms with Gasteiger partial charge in [-0.05, 0) is 42.4 Å². The molecule has 0 aromatic rings. The number of Topliss-reactive ketones (excluding diaryl/α,β-unsaturated/α-hetero) is 1. The first-order valence-corrected chi connectivity index (χ1v) is 13.1. The summed E-state index contributed by atoms with van der Waals surface area (Å²) in [6.45, 7) is 7.65. The standard InChI is InChI=1S/C19H30O5Si/c1-25(2,3)16-14-6-4-5-13-11-17(23-9-10-24-17)7-8-18(13,21)19(14,22)12-15(16)20/h13,21-22H,4-12H2,1-3H3/t13-,18-,19+/m1/s1. The molecule has 4 aliphatic rings. The fourth-order valence-corrected chi connectivity index (χ4v) is 7.98. The van der Waals surface area contributed by atoms with Crippen LogP contribution in [0.1, 0.15) is 44.9 Å². The lowest BCUT2D eigenvalue weighted by Gasteiger charge is -2.52. The number of ether oxygens (including phenoxy) is 2. The molecule has 0 unspecified atom stereocenters. The molecule has 0 aromatic carbocycles. The van der Waals surface area contributed by atoms with E-state index in [0.29, 0.717) is 32.5 Å². The van der Waals surface area contributed by atoms with Gasteiger partial charge in [0.15, 0.2) is 11.6 Å². The Kier molecular flexibility index (Phi) is 3.92. The fraction of sp³-hybridized carbons (Fsp3) is 0.842. The summed E-state index contributed by atoms with van der Waals surface area (Å²) in [5.41, 5.74) is -1.80. The molecule has 3 aliphatic carbocycles. The van der Waals surface area contributed by atoms with Crippen molar-refractivity contribution in [1.82, 2.24) is 0 Å². The maximum atomic E-state index is 12.8. The van der Waals surface area contributed by atoms with Gasteiger partial charge >= 0.3 is 0 Å². The minimum atomic E-state index is -1.88. The summed E-state index contributed by atoms with van der Waals surface area (Å²) in [5.74, 6) is -0.638. The van der Waals surface area contributed by atoms with Gasteiger partial charge in [-0.3, -0.25) is 4.79 Å². The van der Waals surface area contributed by atoms with Crippen molar-refractivity contribution in [3.05, 3.63) is 10.8 Å². The number of rotatable bonds is 1. The highest BCUT2D eigenvalue weighted by atomic mass is 28.3. The Labute approximate surface area is 150 Å². The van der Waals surface area contributed by atoms with E-state index in [0.717, 1.165) is 30.0 Å². The molecule has 2 saturated carbocycles. The van der Waals surface area contributed by atoms with E-state index in [1.165, 1.54) is 0 Å². The molecule has 1 aliphatic heterocycles. The average Bonchev–Trinajstić information content (AvgIpc) is 3.03. The van der Waals surface area contributed by atoms with Crippen molar-refractivity contribution in [2.45, 2.75) is 81.6 Å². The zero-order chi connectivity index (χ0) is 18.1. The molecule has 140 valence electrons. The number of carbonyl (C=O) groups is 1. The van der Waals surface area contributed by atoms with Crippen LogP contribution in [0, 0.1) is 5.92 Å². The van der Waals surface area contributed by atoms with Crippen molar-refractivity contribution < 1.29 is 24.5 Å². The van der Waals surface area contributed by atoms with Gasteiger partial charge in [-0.15, -0.1) is 0 Å². The fourth-order valence-electron chi connectivity index (χ4n) is 5.82. The van der Waals surface area contributed by atoms with Crippen LogP contribution >= 0.6 is 0 Å². The second-order valence-electron chi connectivity index (χ2n) is 9.39. The Bertz CT molecular complexity index is 630. The molecule has 1 saturated heterocycles. The van der Waals surface area contributed by atoms with Gasteiger partial charge in [0.25, 0.3) is 0 Å². The quantitative estimate of drug-likeness (QED) is 0.697. The van der Waals surface area contributed by atoms with Gasteiger partial charge in [-0.2, -0.15) is 0 Å². The summed E-state index contributed by atoms with van der Waals surface area (Å²) >= 11 is 0. The minimum absolute atomic E-state index is 0.0453. The number of fused-ring (bicyclic) bond motifs is 3. The smallest absolute Gasteiger partial charge is 0.168 e. The zero-order valence-electron chi connectivity index (χ0n) is 15.6. The third-order valence-corrected chi connectivity index (χ3v) is 8.96. The SMILES string of the molecule is C[Si](C)(C)C1=C2CCC[C@@H]3CC4(CC[C@]3(O)[C@]2(O)CC1=O)OCCO4. The summed E-state index contributed by atoms with van der Waals surface area (Å²) in [6, 6.07) is 0. The highest BCUT2D eigenvalue weighted by molar-refractivity contribution is 6.87. The lowest BCUT2D eigenvalue weighted by molar-refractivity contribution is -0.253. The van der Waals surface area contributed by atoms with Crippen molar-refractivity contribution in [3.8, 4) is 0 Å². The monoisotopic (exact) mass is 366 g/mol. The highest BCUT2D eigenvalue weighted by Gasteiger charge is 2.65. The largest absolute Gasteiger partial charge is 0.386 e. The van der Waals surface area contributed by atoms with Gasteiger partial charge in [0.05, 0.1) is 21.3 Å². The van der Waals surface area contributed by atoms with E-state index in [4.69, 9.17) is 9.47 Å². The second-order valence-corrected chi connectivity index (χ2v) is 14.4. The summed E-state index contributed by atoms with van der Waals surface area (Å²) in [6.07, 6.45) is 4.09. The minimum Gasteiger partial charge on any atom is -0.386 e. The number of carbonyl (C=O) groups excluding carboxylic acids is 1. The topological polar surface area (TPSA) is 76.0 Å². The molecule has 0 amide bonds. The van der Waals surface area contributed by atoms with Crippen molar-refractivity contribution >= 4 is 13.9 Å². The van der Waals surface area contributed by atoms with Crippen molar-refractivity contribution in [1.29, 1.82) is 0 Å². The van der Waals surface area contributed by atoms with Crippen LogP contribution in [0.2, 0.25) is 19.6 Å². The molecular formula is C19H30O5Si. The summed E-state index contributed by atoms with van der Waals surface area (Å²) in [5, 5.41) is 24.3. The second kappa shape index (κ2) is 5.49. The number of hydrogen-bond acceptors (Lipinski definition) is 5. The average molecular weight is 367 g/mol. The molecule has 2 N–H and O–H groups in total. The van der Waals surface area contributed by atoms with E-state index in [9.17, 15) is 15.0 Å². The van der Waals surface area contributed by atoms with Gasteiger partial charge in [0.1, 0.15) is 11.2 Å². The predicted molar refractivity (Wildman–Crippen MR) is 95.7 cm³/mol.